The SMILES string of the molecule is CC[C@@H](c1cc(C(C)(C)C)c(O)c(C(C)(C)C)c1)N1CCNCC1.Cl.Cl. The number of hydrogen-bond donors (Lipinski definition) is 2. The lowest BCUT2D eigenvalue weighted by atomic mass is 9.77. The number of phenols is 1. The van der Waals surface area contributed by atoms with Crippen LogP contribution >= 0.6 is 24.8 Å². The van der Waals surface area contributed by atoms with Crippen molar-refractivity contribution >= 4 is 24.8 Å². The highest BCUT2D eigenvalue weighted by Gasteiger charge is 2.29. The predicted octanol–water partition coefficient (Wildman–Crippen LogP) is 5.19. The predicted molar refractivity (Wildman–Crippen MR) is 117 cm³/mol. The third-order valence-corrected chi connectivity index (χ3v) is 5.11. The van der Waals surface area contributed by atoms with E-state index in [4.69, 9.17) is 0 Å². The first-order chi connectivity index (χ1) is 11.1. The summed E-state index contributed by atoms with van der Waals surface area (Å²) in [6, 6.07) is 4.93. The largest absolute Gasteiger partial charge is 0.507 e. The van der Waals surface area contributed by atoms with Crippen LogP contribution in [0.3, 0.4) is 0 Å². The van der Waals surface area contributed by atoms with Gasteiger partial charge in [-0.3, -0.25) is 4.90 Å². The number of aromatic hydroxyl groups is 1. The Morgan fingerprint density at radius 3 is 1.73 bits per heavy atom. The van der Waals surface area contributed by atoms with E-state index in [0.717, 1.165) is 43.7 Å². The second-order valence-electron chi connectivity index (χ2n) is 9.17. The topological polar surface area (TPSA) is 35.5 Å². The average molecular weight is 405 g/mol. The molecule has 1 aromatic rings. The number of piperazine rings is 1. The molecule has 1 heterocycles. The second kappa shape index (κ2) is 9.64. The Hall–Kier alpha value is -0.480. The summed E-state index contributed by atoms with van der Waals surface area (Å²) in [5.74, 6) is 0.480. The molecule has 3 nitrogen and oxygen atoms in total. The Labute approximate surface area is 172 Å². The standard InChI is InChI=1S/C21H36N2O.2ClH/c1-8-18(23-11-9-22-10-12-23)15-13-16(20(2,3)4)19(24)17(14-15)21(5,6)7;;/h13-14,18,22,24H,8-12H2,1-7H3;2*1H/t18-;;/m0../s1. The van der Waals surface area contributed by atoms with Crippen molar-refractivity contribution in [2.45, 2.75) is 71.8 Å². The maximum atomic E-state index is 10.9. The Bertz CT molecular complexity index is 535. The van der Waals surface area contributed by atoms with E-state index >= 15 is 0 Å². The van der Waals surface area contributed by atoms with Crippen molar-refractivity contribution in [3.05, 3.63) is 28.8 Å². The molecule has 0 saturated carbocycles. The van der Waals surface area contributed by atoms with Gasteiger partial charge in [0.15, 0.2) is 0 Å². The molecule has 26 heavy (non-hydrogen) atoms. The van der Waals surface area contributed by atoms with Crippen LogP contribution in [-0.2, 0) is 10.8 Å². The lowest BCUT2D eigenvalue weighted by Gasteiger charge is -2.36. The van der Waals surface area contributed by atoms with E-state index in [9.17, 15) is 5.11 Å². The van der Waals surface area contributed by atoms with Crippen molar-refractivity contribution in [1.29, 1.82) is 0 Å². The fraction of sp³-hybridized carbons (Fsp3) is 0.714. The van der Waals surface area contributed by atoms with Gasteiger partial charge in [0.25, 0.3) is 0 Å². The molecule has 0 radical (unpaired) electrons. The number of hydrogen-bond acceptors (Lipinski definition) is 3. The summed E-state index contributed by atoms with van der Waals surface area (Å²) in [7, 11) is 0. The molecule has 1 aliphatic heterocycles. The van der Waals surface area contributed by atoms with Gasteiger partial charge in [-0.1, -0.05) is 48.5 Å². The van der Waals surface area contributed by atoms with E-state index in [1.54, 1.807) is 0 Å². The number of phenolic OH excluding ortho intramolecular Hbond substituents is 1. The van der Waals surface area contributed by atoms with Gasteiger partial charge in [-0.05, 0) is 46.1 Å². The molecule has 5 heteroatoms. The molecule has 1 atom stereocenters. The van der Waals surface area contributed by atoms with E-state index in [2.05, 4.69) is 70.8 Å². The zero-order chi connectivity index (χ0) is 18.1. The molecule has 1 saturated heterocycles. The molecule has 2 N–H and O–H groups in total. The normalized spacial score (nSPS) is 17.2. The minimum absolute atomic E-state index is 0. The van der Waals surface area contributed by atoms with E-state index in [1.807, 2.05) is 0 Å². The van der Waals surface area contributed by atoms with Gasteiger partial charge >= 0.3 is 0 Å². The minimum atomic E-state index is -0.0676. The van der Waals surface area contributed by atoms with E-state index in [-0.39, 0.29) is 35.6 Å². The summed E-state index contributed by atoms with van der Waals surface area (Å²) in [5.41, 5.74) is 3.35. The molecular weight excluding hydrogens is 367 g/mol. The van der Waals surface area contributed by atoms with Gasteiger partial charge in [-0.25, -0.2) is 0 Å². The van der Waals surface area contributed by atoms with Crippen LogP contribution in [0.2, 0.25) is 0 Å². The molecule has 1 aliphatic rings. The Morgan fingerprint density at radius 1 is 0.962 bits per heavy atom. The fourth-order valence-electron chi connectivity index (χ4n) is 3.69. The van der Waals surface area contributed by atoms with Crippen molar-refractivity contribution in [1.82, 2.24) is 10.2 Å². The molecule has 0 spiro atoms. The zero-order valence-electron chi connectivity index (χ0n) is 17.5. The molecule has 0 bridgehead atoms. The number of halogens is 2. The zero-order valence-corrected chi connectivity index (χ0v) is 19.1. The molecule has 0 amide bonds. The molecule has 1 aromatic carbocycles. The van der Waals surface area contributed by atoms with Crippen LogP contribution in [0.25, 0.3) is 0 Å². The number of benzene rings is 1. The maximum Gasteiger partial charge on any atom is 0.123 e. The first kappa shape index (κ1) is 25.5. The van der Waals surface area contributed by atoms with Crippen LogP contribution in [0.1, 0.15) is 77.6 Å². The van der Waals surface area contributed by atoms with Crippen LogP contribution < -0.4 is 5.32 Å². The molecule has 0 unspecified atom stereocenters. The average Bonchev–Trinajstić information content (AvgIpc) is 2.48. The van der Waals surface area contributed by atoms with Crippen LogP contribution in [0.5, 0.6) is 5.75 Å². The maximum absolute atomic E-state index is 10.9. The van der Waals surface area contributed by atoms with Gasteiger partial charge in [-0.15, -0.1) is 24.8 Å². The first-order valence-electron chi connectivity index (χ1n) is 9.38. The summed E-state index contributed by atoms with van der Waals surface area (Å²) in [4.78, 5) is 2.59. The minimum Gasteiger partial charge on any atom is -0.507 e. The van der Waals surface area contributed by atoms with Crippen molar-refractivity contribution in [2.75, 3.05) is 26.2 Å². The quantitative estimate of drug-likeness (QED) is 0.727. The van der Waals surface area contributed by atoms with Crippen molar-refractivity contribution in [3.8, 4) is 5.75 Å². The summed E-state index contributed by atoms with van der Waals surface area (Å²) >= 11 is 0. The van der Waals surface area contributed by atoms with Gasteiger partial charge in [-0.2, -0.15) is 0 Å². The van der Waals surface area contributed by atoms with Crippen molar-refractivity contribution in [3.63, 3.8) is 0 Å². The number of rotatable bonds is 3. The third-order valence-electron chi connectivity index (χ3n) is 5.11. The molecular formula is C21H38Cl2N2O. The van der Waals surface area contributed by atoms with E-state index in [1.165, 1.54) is 5.56 Å². The van der Waals surface area contributed by atoms with Gasteiger partial charge < -0.3 is 10.4 Å². The van der Waals surface area contributed by atoms with Gasteiger partial charge in [0.1, 0.15) is 5.75 Å². The Morgan fingerprint density at radius 2 is 1.38 bits per heavy atom. The summed E-state index contributed by atoms with van der Waals surface area (Å²) in [6.45, 7) is 19.7. The van der Waals surface area contributed by atoms with Gasteiger partial charge in [0, 0.05) is 32.2 Å². The lowest BCUT2D eigenvalue weighted by molar-refractivity contribution is 0.169. The molecule has 2 rings (SSSR count). The third kappa shape index (κ3) is 5.76. The second-order valence-corrected chi connectivity index (χ2v) is 9.17. The van der Waals surface area contributed by atoms with Crippen molar-refractivity contribution < 1.29 is 5.11 Å². The molecule has 0 aromatic heterocycles. The highest BCUT2D eigenvalue weighted by Crippen LogP contribution is 2.42. The van der Waals surface area contributed by atoms with Crippen LogP contribution in [0.4, 0.5) is 0 Å². The van der Waals surface area contributed by atoms with Gasteiger partial charge in [0.05, 0.1) is 0 Å². The Balaban J connectivity index is 0.00000312. The first-order valence-corrected chi connectivity index (χ1v) is 9.38. The van der Waals surface area contributed by atoms with E-state index in [0.29, 0.717) is 11.8 Å². The molecule has 1 fully saturated rings. The Kier molecular flexibility index (Phi) is 9.46. The van der Waals surface area contributed by atoms with E-state index < -0.39 is 0 Å². The number of nitrogens with one attached hydrogen (secondary N) is 1. The highest BCUT2D eigenvalue weighted by atomic mass is 35.5. The van der Waals surface area contributed by atoms with Gasteiger partial charge in [0.2, 0.25) is 0 Å². The van der Waals surface area contributed by atoms with Crippen LogP contribution in [0, 0.1) is 0 Å². The van der Waals surface area contributed by atoms with Crippen LogP contribution in [-0.4, -0.2) is 36.2 Å². The summed E-state index contributed by atoms with van der Waals surface area (Å²) in [6.07, 6.45) is 1.10. The number of nitrogens with zero attached hydrogens (tertiary/aromatic N) is 1. The summed E-state index contributed by atoms with van der Waals surface area (Å²) < 4.78 is 0. The molecule has 0 aliphatic carbocycles. The molecule has 152 valence electrons. The lowest BCUT2D eigenvalue weighted by Crippen LogP contribution is -2.45. The fourth-order valence-corrected chi connectivity index (χ4v) is 3.69. The smallest absolute Gasteiger partial charge is 0.123 e. The monoisotopic (exact) mass is 404 g/mol. The van der Waals surface area contributed by atoms with Crippen LogP contribution in [0.15, 0.2) is 12.1 Å². The highest BCUT2D eigenvalue weighted by molar-refractivity contribution is 5.85. The van der Waals surface area contributed by atoms with Crippen molar-refractivity contribution in [2.24, 2.45) is 0 Å². The summed E-state index contributed by atoms with van der Waals surface area (Å²) in [5, 5.41) is 14.4.